The first-order chi connectivity index (χ1) is 14.1. The number of hydrogen-bond donors (Lipinski definition) is 2. The van der Waals surface area contributed by atoms with Crippen LogP contribution in [-0.4, -0.2) is 33.0 Å². The first-order valence-corrected chi connectivity index (χ1v) is 8.65. The number of likely N-dealkylation sites (N-methyl/N-ethyl adjacent to an activating group) is 1. The summed E-state index contributed by atoms with van der Waals surface area (Å²) in [6.07, 6.45) is 1.11. The van der Waals surface area contributed by atoms with Gasteiger partial charge in [0.05, 0.1) is 4.92 Å². The van der Waals surface area contributed by atoms with Crippen LogP contribution in [0.1, 0.15) is 16.7 Å². The second kappa shape index (κ2) is 9.07. The third kappa shape index (κ3) is 4.56. The highest BCUT2D eigenvalue weighted by Gasteiger charge is 2.25. The average molecular weight is 432 g/mol. The number of aromatic hydroxyl groups is 1. The van der Waals surface area contributed by atoms with E-state index in [0.717, 1.165) is 29.2 Å². The molecule has 0 aliphatic rings. The minimum absolute atomic E-state index is 0.0789. The number of halogens is 2. The number of carbonyl (C=O) groups excluding carboxylic acids is 1. The summed E-state index contributed by atoms with van der Waals surface area (Å²) in [6, 6.07) is 7.28. The van der Waals surface area contributed by atoms with Gasteiger partial charge in [0.25, 0.3) is 5.91 Å². The van der Waals surface area contributed by atoms with Crippen LogP contribution in [0.2, 0.25) is 5.02 Å². The Balaban J connectivity index is 2.48. The third-order valence-electron chi connectivity index (χ3n) is 4.13. The first-order valence-electron chi connectivity index (χ1n) is 8.27. The number of carbonyl (C=O) groups is 1. The van der Waals surface area contributed by atoms with E-state index in [4.69, 9.17) is 11.6 Å². The fourth-order valence-corrected chi connectivity index (χ4v) is 2.80. The standard InChI is InChI=1S/C20H15ClFN3O5/c1-3-11-6-12(8-17(19(11)27)25(29)30)18(26)15(9-23)20(28)24(2)10-13-7-14(21)4-5-16(13)22/h3-8,26-27H,1,10H2,2H3/b18-15-. The summed E-state index contributed by atoms with van der Waals surface area (Å²) in [5, 5.41) is 41.1. The highest BCUT2D eigenvalue weighted by atomic mass is 35.5. The van der Waals surface area contributed by atoms with Crippen molar-refractivity contribution in [1.29, 1.82) is 5.26 Å². The van der Waals surface area contributed by atoms with E-state index in [-0.39, 0.29) is 28.3 Å². The summed E-state index contributed by atoms with van der Waals surface area (Å²) < 4.78 is 13.9. The highest BCUT2D eigenvalue weighted by Crippen LogP contribution is 2.34. The molecule has 2 N–H and O–H groups in total. The summed E-state index contributed by atoms with van der Waals surface area (Å²) >= 11 is 5.83. The summed E-state index contributed by atoms with van der Waals surface area (Å²) in [5.74, 6) is -3.09. The van der Waals surface area contributed by atoms with Crippen LogP contribution in [0.3, 0.4) is 0 Å². The molecule has 2 aromatic rings. The van der Waals surface area contributed by atoms with Crippen LogP contribution >= 0.6 is 11.6 Å². The quantitative estimate of drug-likeness (QED) is 0.232. The second-order valence-electron chi connectivity index (χ2n) is 6.13. The molecule has 30 heavy (non-hydrogen) atoms. The normalized spacial score (nSPS) is 11.3. The van der Waals surface area contributed by atoms with Gasteiger partial charge in [-0.2, -0.15) is 5.26 Å². The molecule has 0 saturated heterocycles. The van der Waals surface area contributed by atoms with Gasteiger partial charge in [0, 0.05) is 41.4 Å². The van der Waals surface area contributed by atoms with Crippen LogP contribution in [0, 0.1) is 27.3 Å². The molecule has 0 saturated carbocycles. The van der Waals surface area contributed by atoms with E-state index in [1.807, 2.05) is 0 Å². The van der Waals surface area contributed by atoms with E-state index >= 15 is 0 Å². The fraction of sp³-hybridized carbons (Fsp3) is 0.100. The van der Waals surface area contributed by atoms with Crippen LogP contribution in [0.5, 0.6) is 5.75 Å². The first kappa shape index (κ1) is 22.4. The van der Waals surface area contributed by atoms with Crippen molar-refractivity contribution < 1.29 is 24.3 Å². The molecular weight excluding hydrogens is 417 g/mol. The smallest absolute Gasteiger partial charge is 0.312 e. The Morgan fingerprint density at radius 2 is 2.10 bits per heavy atom. The molecule has 0 heterocycles. The van der Waals surface area contributed by atoms with Gasteiger partial charge in [-0.3, -0.25) is 14.9 Å². The van der Waals surface area contributed by atoms with E-state index in [1.165, 1.54) is 19.2 Å². The van der Waals surface area contributed by atoms with Gasteiger partial charge in [-0.05, 0) is 24.3 Å². The molecule has 2 rings (SSSR count). The molecule has 0 atom stereocenters. The van der Waals surface area contributed by atoms with Crippen molar-refractivity contribution >= 4 is 35.0 Å². The molecule has 0 aromatic heterocycles. The fourth-order valence-electron chi connectivity index (χ4n) is 2.60. The summed E-state index contributed by atoms with van der Waals surface area (Å²) in [6.45, 7) is 3.16. The number of amides is 1. The zero-order valence-corrected chi connectivity index (χ0v) is 16.4. The van der Waals surface area contributed by atoms with Gasteiger partial charge >= 0.3 is 5.69 Å². The Morgan fingerprint density at radius 3 is 2.67 bits per heavy atom. The number of phenolic OH excluding ortho intramolecular Hbond substituents is 1. The number of aliphatic hydroxyl groups is 1. The minimum atomic E-state index is -0.953. The summed E-state index contributed by atoms with van der Waals surface area (Å²) in [5.41, 5.74) is -1.71. The van der Waals surface area contributed by atoms with Crippen LogP contribution in [0.4, 0.5) is 10.1 Å². The number of hydrogen-bond acceptors (Lipinski definition) is 6. The Labute approximate surface area is 175 Å². The van der Waals surface area contributed by atoms with Crippen molar-refractivity contribution in [2.75, 3.05) is 7.05 Å². The average Bonchev–Trinajstić information content (AvgIpc) is 2.70. The van der Waals surface area contributed by atoms with Crippen LogP contribution in [0.15, 0.2) is 42.5 Å². The van der Waals surface area contributed by atoms with Crippen molar-refractivity contribution in [2.45, 2.75) is 6.54 Å². The van der Waals surface area contributed by atoms with Crippen LogP contribution in [-0.2, 0) is 11.3 Å². The summed E-state index contributed by atoms with van der Waals surface area (Å²) in [7, 11) is 1.28. The lowest BCUT2D eigenvalue weighted by Gasteiger charge is -2.18. The van der Waals surface area contributed by atoms with Gasteiger partial charge in [-0.15, -0.1) is 0 Å². The van der Waals surface area contributed by atoms with E-state index < -0.39 is 39.4 Å². The molecule has 0 spiro atoms. The molecule has 0 unspecified atom stereocenters. The SMILES string of the molecule is C=Cc1cc(/C(O)=C(\C#N)C(=O)N(C)Cc2cc(Cl)ccc2F)cc([N+](=O)[O-])c1O. The molecule has 154 valence electrons. The Hall–Kier alpha value is -3.90. The Bertz CT molecular complexity index is 1120. The molecule has 8 nitrogen and oxygen atoms in total. The zero-order valence-electron chi connectivity index (χ0n) is 15.6. The van der Waals surface area contributed by atoms with Gasteiger partial charge in [0.2, 0.25) is 5.75 Å². The molecule has 0 aliphatic carbocycles. The van der Waals surface area contributed by atoms with Gasteiger partial charge in [-0.25, -0.2) is 4.39 Å². The maximum absolute atomic E-state index is 13.9. The van der Waals surface area contributed by atoms with Crippen molar-refractivity contribution in [2.24, 2.45) is 0 Å². The van der Waals surface area contributed by atoms with Gasteiger partial charge in [-0.1, -0.05) is 24.3 Å². The maximum atomic E-state index is 13.9. The number of nitro groups is 1. The lowest BCUT2D eigenvalue weighted by atomic mass is 10.0. The second-order valence-corrected chi connectivity index (χ2v) is 6.56. The van der Waals surface area contributed by atoms with E-state index in [2.05, 4.69) is 6.58 Å². The van der Waals surface area contributed by atoms with Crippen molar-refractivity contribution in [1.82, 2.24) is 4.90 Å². The maximum Gasteiger partial charge on any atom is 0.312 e. The monoisotopic (exact) mass is 431 g/mol. The molecule has 1 amide bonds. The predicted octanol–water partition coefficient (Wildman–Crippen LogP) is 4.19. The van der Waals surface area contributed by atoms with E-state index in [0.29, 0.717) is 0 Å². The van der Waals surface area contributed by atoms with Crippen LogP contribution < -0.4 is 0 Å². The largest absolute Gasteiger partial charge is 0.506 e. The lowest BCUT2D eigenvalue weighted by molar-refractivity contribution is -0.385. The minimum Gasteiger partial charge on any atom is -0.506 e. The van der Waals surface area contributed by atoms with Crippen molar-refractivity contribution in [3.05, 3.63) is 80.1 Å². The number of nitrogens with zero attached hydrogens (tertiary/aromatic N) is 3. The topological polar surface area (TPSA) is 128 Å². The molecule has 2 aromatic carbocycles. The number of rotatable bonds is 6. The Kier molecular flexibility index (Phi) is 6.77. The number of aliphatic hydroxyl groups excluding tert-OH is 1. The summed E-state index contributed by atoms with van der Waals surface area (Å²) in [4.78, 5) is 23.9. The van der Waals surface area contributed by atoms with E-state index in [9.17, 15) is 34.8 Å². The van der Waals surface area contributed by atoms with E-state index in [1.54, 1.807) is 6.07 Å². The van der Waals surface area contributed by atoms with Gasteiger partial charge in [0.1, 0.15) is 17.6 Å². The highest BCUT2D eigenvalue weighted by molar-refractivity contribution is 6.30. The molecule has 0 aliphatic heterocycles. The van der Waals surface area contributed by atoms with Crippen molar-refractivity contribution in [3.8, 4) is 11.8 Å². The van der Waals surface area contributed by atoms with Gasteiger partial charge in [0.15, 0.2) is 5.57 Å². The van der Waals surface area contributed by atoms with Gasteiger partial charge < -0.3 is 15.1 Å². The molecule has 0 radical (unpaired) electrons. The lowest BCUT2D eigenvalue weighted by Crippen LogP contribution is -2.28. The number of nitro benzene ring substituents is 1. The number of nitriles is 1. The van der Waals surface area contributed by atoms with Crippen LogP contribution in [0.25, 0.3) is 11.8 Å². The molecule has 0 bridgehead atoms. The molecule has 10 heteroatoms. The third-order valence-corrected chi connectivity index (χ3v) is 4.37. The molecule has 0 fully saturated rings. The number of phenols is 1. The Morgan fingerprint density at radius 1 is 1.43 bits per heavy atom. The van der Waals surface area contributed by atoms with Crippen molar-refractivity contribution in [3.63, 3.8) is 0 Å². The predicted molar refractivity (Wildman–Crippen MR) is 108 cm³/mol. The number of benzene rings is 2. The molecular formula is C20H15ClFN3O5. The zero-order chi connectivity index (χ0) is 22.6.